The number of hydrogen-bond donors (Lipinski definition) is 24. The predicted molar refractivity (Wildman–Crippen MR) is 462 cm³/mol. The Morgan fingerprint density at radius 3 is 1.69 bits per heavy atom. The summed E-state index contributed by atoms with van der Waals surface area (Å²) < 4.78 is 5.74. The monoisotopic (exact) mass is 1860 g/mol. The van der Waals surface area contributed by atoms with Crippen molar-refractivity contribution in [1.82, 2.24) is 105 Å². The number of nitrogens with zero attached hydrogens (tertiary/aromatic N) is 4. The van der Waals surface area contributed by atoms with Crippen LogP contribution in [0.25, 0.3) is 21.8 Å². The van der Waals surface area contributed by atoms with Gasteiger partial charge in [0.1, 0.15) is 72.6 Å². The molecule has 50 nitrogen and oxygen atoms in total. The molecule has 3 aromatic carbocycles. The molecule has 15 amide bonds. The van der Waals surface area contributed by atoms with Gasteiger partial charge in [0.15, 0.2) is 11.6 Å². The number of carbonyl (C=O) groups is 21. The van der Waals surface area contributed by atoms with Crippen molar-refractivity contribution in [3.05, 3.63) is 108 Å². The van der Waals surface area contributed by atoms with Gasteiger partial charge in [0, 0.05) is 64.8 Å². The molecule has 0 spiro atoms. The van der Waals surface area contributed by atoms with Gasteiger partial charge in [0.2, 0.25) is 88.6 Å². The number of carboxylic acid groups (broad SMARTS) is 4. The number of tetrazole rings is 1. The molecule has 4 heterocycles. The molecule has 718 valence electrons. The lowest BCUT2D eigenvalue weighted by Gasteiger charge is -2.30. The Morgan fingerprint density at radius 1 is 0.549 bits per heavy atom. The number of rotatable bonds is 39. The number of benzene rings is 3. The number of ketones is 1. The minimum atomic E-state index is -2.53. The van der Waals surface area contributed by atoms with Crippen molar-refractivity contribution < 1.29 is 131 Å². The Morgan fingerprint density at radius 2 is 1.09 bits per heavy atom. The number of ether oxygens (including phenoxy) is 1. The molecule has 1 fully saturated rings. The fourth-order valence-corrected chi connectivity index (χ4v) is 13.9. The van der Waals surface area contributed by atoms with E-state index in [1.807, 2.05) is 16.0 Å². The fraction of sp³-hybridized carbons (Fsp3) is 0.470. The van der Waals surface area contributed by atoms with Gasteiger partial charge in [-0.15, -0.1) is 10.2 Å². The summed E-state index contributed by atoms with van der Waals surface area (Å²) in [5.74, 6) is -31.7. The molecule has 7 rings (SSSR count). The molecule has 27 N–H and O–H groups in total. The molecule has 14 atom stereocenters. The van der Waals surface area contributed by atoms with Crippen LogP contribution in [0, 0.1) is 5.92 Å². The maximum atomic E-state index is 15.1. The Kier molecular flexibility index (Phi) is 40.2. The molecule has 0 bridgehead atoms. The van der Waals surface area contributed by atoms with Crippen LogP contribution in [0.2, 0.25) is 0 Å². The summed E-state index contributed by atoms with van der Waals surface area (Å²) in [5, 5.41) is 94.8. The summed E-state index contributed by atoms with van der Waals surface area (Å²) in [6.07, 6.45) is -3.48. The second kappa shape index (κ2) is 51.1. The van der Waals surface area contributed by atoms with E-state index in [9.17, 15) is 112 Å². The normalized spacial score (nSPS) is 20.2. The van der Waals surface area contributed by atoms with Gasteiger partial charge in [-0.1, -0.05) is 88.1 Å². The summed E-state index contributed by atoms with van der Waals surface area (Å²) in [4.78, 5) is 299. The number of para-hydroxylation sites is 3. The number of nitrogens with one attached hydrogen (secondary N) is 16. The third-order valence-electron chi connectivity index (χ3n) is 20.9. The SMILES string of the molecule is CCCCCCCn1nnc(CC(=O)NC(Cc2c[nH]c3ccccc23)C(=O)NC(CC(N)=O)C(=O)NC(CC(=O)O)C(=O)NC2C(=O)NCC(=O)NC(CCCNC(=O)C(N)Cc3c[nH]c4ccccc34)C(=O)NC(CC(=O)O)C(=O)NC(C)C(=O)NC(CC(=O)O)C(=O)NCC(=O)NC(CO)C(=O)NC(C(C)CC(=O)O)C(=O)NC(CC(=O)c3ccccc3N)C(=O)OC2C)n1. The first kappa shape index (κ1) is 105. The van der Waals surface area contributed by atoms with Crippen LogP contribution in [0.4, 0.5) is 5.69 Å². The summed E-state index contributed by atoms with van der Waals surface area (Å²) >= 11 is 0. The zero-order valence-electron chi connectivity index (χ0n) is 72.8. The first-order chi connectivity index (χ1) is 63.1. The molecular weight excluding hydrogens is 1750 g/mol. The number of fused-ring (bicyclic) bond motifs is 2. The number of nitrogen functional groups attached to an aromatic ring is 1. The minimum Gasteiger partial charge on any atom is -0.481 e. The molecule has 0 saturated carbocycles. The van der Waals surface area contributed by atoms with E-state index in [2.05, 4.69) is 90.8 Å². The molecule has 0 radical (unpaired) electrons. The number of aryl methyl sites for hydroxylation is 1. The quantitative estimate of drug-likeness (QED) is 0.00739. The number of aliphatic carboxylic acids is 4. The van der Waals surface area contributed by atoms with Crippen LogP contribution < -0.4 is 91.6 Å². The molecule has 3 aromatic heterocycles. The maximum absolute atomic E-state index is 15.1. The predicted octanol–water partition coefficient (Wildman–Crippen LogP) is -6.35. The number of aliphatic hydroxyl groups excluding tert-OH is 1. The van der Waals surface area contributed by atoms with Crippen LogP contribution in [0.15, 0.2) is 85.2 Å². The number of aromatic nitrogens is 6. The van der Waals surface area contributed by atoms with Crippen LogP contribution in [0.5, 0.6) is 0 Å². The number of aliphatic hydroxyl groups is 1. The van der Waals surface area contributed by atoms with Gasteiger partial charge in [-0.2, -0.15) is 4.80 Å². The summed E-state index contributed by atoms with van der Waals surface area (Å²) in [6, 6.07) is -5.70. The van der Waals surface area contributed by atoms with E-state index in [1.54, 1.807) is 54.7 Å². The molecule has 6 aromatic rings. The Bertz CT molecular complexity index is 5270. The van der Waals surface area contributed by atoms with Crippen molar-refractivity contribution in [2.24, 2.45) is 17.4 Å². The van der Waals surface area contributed by atoms with E-state index in [4.69, 9.17) is 21.9 Å². The van der Waals surface area contributed by atoms with Gasteiger partial charge in [-0.05, 0) is 86.1 Å². The lowest BCUT2D eigenvalue weighted by Crippen LogP contribution is -2.62. The van der Waals surface area contributed by atoms with Gasteiger partial charge in [-0.25, -0.2) is 4.79 Å². The zero-order chi connectivity index (χ0) is 97.9. The van der Waals surface area contributed by atoms with Crippen LogP contribution in [-0.2, 0) is 126 Å². The number of unbranched alkanes of at least 4 members (excludes halogenated alkanes) is 4. The Labute approximate surface area is 756 Å². The maximum Gasteiger partial charge on any atom is 0.329 e. The topological polar surface area (TPSA) is 791 Å². The zero-order valence-corrected chi connectivity index (χ0v) is 72.8. The number of H-pyrrole nitrogens is 2. The van der Waals surface area contributed by atoms with Crippen LogP contribution in [-0.4, -0.2) is 285 Å². The van der Waals surface area contributed by atoms with Crippen LogP contribution in [0.3, 0.4) is 0 Å². The van der Waals surface area contributed by atoms with Crippen molar-refractivity contribution in [1.29, 1.82) is 0 Å². The number of hydrogen-bond acceptors (Lipinski definition) is 28. The van der Waals surface area contributed by atoms with Gasteiger partial charge in [0.05, 0.1) is 70.8 Å². The van der Waals surface area contributed by atoms with E-state index < -0.39 is 280 Å². The summed E-state index contributed by atoms with van der Waals surface area (Å²) in [6.45, 7) is 1.14. The smallest absolute Gasteiger partial charge is 0.329 e. The molecule has 133 heavy (non-hydrogen) atoms. The van der Waals surface area contributed by atoms with Crippen molar-refractivity contribution in [2.45, 2.75) is 216 Å². The van der Waals surface area contributed by atoms with Crippen molar-refractivity contribution >= 4 is 152 Å². The number of cyclic esters (lactones) is 1. The number of nitrogens with two attached hydrogens (primary N) is 3. The second-order valence-electron chi connectivity index (χ2n) is 31.4. The number of primary amides is 1. The molecule has 1 saturated heterocycles. The van der Waals surface area contributed by atoms with E-state index in [0.717, 1.165) is 57.4 Å². The van der Waals surface area contributed by atoms with Gasteiger partial charge < -0.3 is 132 Å². The van der Waals surface area contributed by atoms with Crippen molar-refractivity contribution in [3.63, 3.8) is 0 Å². The second-order valence-corrected chi connectivity index (χ2v) is 31.4. The highest BCUT2D eigenvalue weighted by Gasteiger charge is 2.42. The lowest BCUT2D eigenvalue weighted by atomic mass is 9.96. The molecule has 1 aliphatic rings. The van der Waals surface area contributed by atoms with Crippen molar-refractivity contribution in [3.8, 4) is 0 Å². The Hall–Kier alpha value is -15.4. The highest BCUT2D eigenvalue weighted by atomic mass is 16.5. The third kappa shape index (κ3) is 33.3. The molecule has 14 unspecified atom stereocenters. The van der Waals surface area contributed by atoms with Crippen LogP contribution in [0.1, 0.15) is 138 Å². The Balaban J connectivity index is 1.27. The van der Waals surface area contributed by atoms with Gasteiger partial charge in [0.25, 0.3) is 0 Å². The number of amides is 15. The third-order valence-corrected chi connectivity index (χ3v) is 20.9. The molecular formula is C83H109N23O27. The first-order valence-corrected chi connectivity index (χ1v) is 42.2. The van der Waals surface area contributed by atoms with E-state index in [0.29, 0.717) is 35.0 Å². The number of aromatic amines is 2. The number of esters is 1. The fourth-order valence-electron chi connectivity index (χ4n) is 13.9. The minimum absolute atomic E-state index is 0.0157. The van der Waals surface area contributed by atoms with Crippen LogP contribution >= 0.6 is 0 Å². The average molecular weight is 1860 g/mol. The van der Waals surface area contributed by atoms with E-state index >= 15 is 14.4 Å². The number of carbonyl (C=O) groups excluding carboxylic acids is 17. The van der Waals surface area contributed by atoms with E-state index in [1.165, 1.54) is 35.3 Å². The largest absolute Gasteiger partial charge is 0.481 e. The molecule has 1 aliphatic heterocycles. The number of carboxylic acids is 4. The van der Waals surface area contributed by atoms with Crippen molar-refractivity contribution in [2.75, 3.05) is 32.0 Å². The molecule has 0 aliphatic carbocycles. The average Bonchev–Trinajstić information content (AvgIpc) is 1.75. The van der Waals surface area contributed by atoms with Gasteiger partial charge in [-0.3, -0.25) is 95.9 Å². The van der Waals surface area contributed by atoms with E-state index in [-0.39, 0.29) is 42.9 Å². The summed E-state index contributed by atoms with van der Waals surface area (Å²) in [7, 11) is 0. The highest BCUT2D eigenvalue weighted by Crippen LogP contribution is 2.23. The first-order valence-electron chi connectivity index (χ1n) is 42.2. The molecule has 50 heteroatoms. The highest BCUT2D eigenvalue weighted by molar-refractivity contribution is 6.05. The lowest BCUT2D eigenvalue weighted by molar-refractivity contribution is -0.156. The van der Waals surface area contributed by atoms with Gasteiger partial charge >= 0.3 is 29.8 Å². The number of Topliss-reactive ketones (excluding diaryl/α,β-unsaturated/α-hetero) is 1. The standard InChI is InChI=1S/C83H109N23O27/c1-5-6-7-8-15-25-106-104-62(103-105-106)34-63(110)94-53(28-44-36-89-51-22-14-11-18-46(44)51)77(126)97-54(30-61(86)109)78(127)99-57(33-69(119)120)79(128)102-71-42(4)133-83(132)58(29-60(108)47-19-9-12-20-48(47)84)100-82(131)70(40(2)26-66(113)114)101-80(129)59(39-107)95-65(112)37-90-74(123)55(31-67(115)116)96-72(121)41(3)92-76(125)56(32-68(117)118)98-75(124)52(93-64(111)38-91-81(71)130)23-16-24-87-73(122)49(85)27-43-35-88-50-21-13-10-17-45(43)50/h9-14,17-22,35-36,40-42,49,52-59,70-71,88-89,107H,5-8,15-16,23-34,37-39,84-85H2,1-4H3,(H2,86,109)(H,87,122)(H,90,123)(H,91,130)(H,92,125)(H,93,111)(H,94,110)(H,95,112)(H,96,121)(H,97,126)(H,98,124)(H,99,127)(H,100,131)(H,101,129)(H,102,128)(H,113,114)(H,115,116)(H,117,118)(H,119,120). The summed E-state index contributed by atoms with van der Waals surface area (Å²) in [5.41, 5.74) is 20.0. The number of anilines is 1.